The summed E-state index contributed by atoms with van der Waals surface area (Å²) >= 11 is 0. The summed E-state index contributed by atoms with van der Waals surface area (Å²) in [5.74, 6) is -0.891. The maximum absolute atomic E-state index is 12.2. The van der Waals surface area contributed by atoms with Gasteiger partial charge in [0.25, 0.3) is 0 Å². The summed E-state index contributed by atoms with van der Waals surface area (Å²) in [6.45, 7) is 2.91. The van der Waals surface area contributed by atoms with Gasteiger partial charge < -0.3 is 10.2 Å². The van der Waals surface area contributed by atoms with Gasteiger partial charge in [-0.25, -0.2) is 0 Å². The fourth-order valence-electron chi connectivity index (χ4n) is 2.59. The van der Waals surface area contributed by atoms with Crippen molar-refractivity contribution in [1.29, 1.82) is 0 Å². The number of likely N-dealkylation sites (N-methyl/N-ethyl adjacent to an activating group) is 1. The highest BCUT2D eigenvalue weighted by molar-refractivity contribution is 6.35. The van der Waals surface area contributed by atoms with Crippen LogP contribution in [0.25, 0.3) is 0 Å². The SMILES string of the molecule is CCN(Cc1ccccc1)C(=O)C(=O)NC1CCCC1. The topological polar surface area (TPSA) is 49.4 Å². The van der Waals surface area contributed by atoms with Crippen LogP contribution in [0, 0.1) is 0 Å². The second kappa shape index (κ2) is 7.08. The van der Waals surface area contributed by atoms with Crippen LogP contribution in [0.5, 0.6) is 0 Å². The Morgan fingerprint density at radius 2 is 1.85 bits per heavy atom. The van der Waals surface area contributed by atoms with Crippen molar-refractivity contribution in [1.82, 2.24) is 10.2 Å². The first-order chi connectivity index (χ1) is 9.70. The van der Waals surface area contributed by atoms with Crippen molar-refractivity contribution >= 4 is 11.8 Å². The second-order valence-corrected chi connectivity index (χ2v) is 5.26. The van der Waals surface area contributed by atoms with Crippen LogP contribution in [-0.2, 0) is 16.1 Å². The van der Waals surface area contributed by atoms with E-state index in [9.17, 15) is 9.59 Å². The molecule has 1 aliphatic rings. The van der Waals surface area contributed by atoms with Gasteiger partial charge in [0, 0.05) is 19.1 Å². The maximum Gasteiger partial charge on any atom is 0.312 e. The molecule has 0 radical (unpaired) electrons. The minimum atomic E-state index is -0.463. The number of nitrogens with one attached hydrogen (secondary N) is 1. The lowest BCUT2D eigenvalue weighted by Crippen LogP contribution is -2.45. The fraction of sp³-hybridized carbons (Fsp3) is 0.500. The molecule has 1 aliphatic carbocycles. The number of hydrogen-bond acceptors (Lipinski definition) is 2. The first-order valence-corrected chi connectivity index (χ1v) is 7.34. The molecule has 0 spiro atoms. The van der Waals surface area contributed by atoms with Crippen LogP contribution in [0.2, 0.25) is 0 Å². The molecule has 0 saturated heterocycles. The molecule has 1 saturated carbocycles. The third-order valence-electron chi connectivity index (χ3n) is 3.77. The van der Waals surface area contributed by atoms with Crippen LogP contribution in [0.1, 0.15) is 38.2 Å². The van der Waals surface area contributed by atoms with E-state index in [-0.39, 0.29) is 6.04 Å². The predicted molar refractivity (Wildman–Crippen MR) is 77.9 cm³/mol. The van der Waals surface area contributed by atoms with E-state index < -0.39 is 11.8 Å². The van der Waals surface area contributed by atoms with Gasteiger partial charge in [-0.05, 0) is 25.3 Å². The van der Waals surface area contributed by atoms with Gasteiger partial charge in [-0.3, -0.25) is 9.59 Å². The van der Waals surface area contributed by atoms with Gasteiger partial charge >= 0.3 is 11.8 Å². The zero-order chi connectivity index (χ0) is 14.4. The molecule has 0 aromatic heterocycles. The Morgan fingerprint density at radius 1 is 1.20 bits per heavy atom. The number of carbonyl (C=O) groups excluding carboxylic acids is 2. The number of hydrogen-bond donors (Lipinski definition) is 1. The smallest absolute Gasteiger partial charge is 0.312 e. The summed E-state index contributed by atoms with van der Waals surface area (Å²) in [5.41, 5.74) is 1.04. The summed E-state index contributed by atoms with van der Waals surface area (Å²) in [5, 5.41) is 2.85. The molecule has 0 bridgehead atoms. The molecule has 4 nitrogen and oxygen atoms in total. The highest BCUT2D eigenvalue weighted by atomic mass is 16.2. The maximum atomic E-state index is 12.2. The standard InChI is InChI=1S/C16H22N2O2/c1-2-18(12-13-8-4-3-5-9-13)16(20)15(19)17-14-10-6-7-11-14/h3-5,8-9,14H,2,6-7,10-12H2,1H3,(H,17,19). The third kappa shape index (κ3) is 3.83. The largest absolute Gasteiger partial charge is 0.345 e. The monoisotopic (exact) mass is 274 g/mol. The lowest BCUT2D eigenvalue weighted by molar-refractivity contribution is -0.146. The summed E-state index contributed by atoms with van der Waals surface area (Å²) in [6.07, 6.45) is 4.26. The minimum Gasteiger partial charge on any atom is -0.345 e. The molecule has 0 atom stereocenters. The molecule has 0 heterocycles. The average molecular weight is 274 g/mol. The van der Waals surface area contributed by atoms with Crippen molar-refractivity contribution in [3.8, 4) is 0 Å². The number of benzene rings is 1. The molecule has 1 fully saturated rings. The zero-order valence-corrected chi connectivity index (χ0v) is 12.0. The van der Waals surface area contributed by atoms with Crippen molar-refractivity contribution < 1.29 is 9.59 Å². The van der Waals surface area contributed by atoms with Gasteiger partial charge in [-0.15, -0.1) is 0 Å². The normalized spacial score (nSPS) is 15.1. The first-order valence-electron chi connectivity index (χ1n) is 7.34. The molecular formula is C16H22N2O2. The number of nitrogens with zero attached hydrogens (tertiary/aromatic N) is 1. The van der Waals surface area contributed by atoms with Crippen LogP contribution in [0.3, 0.4) is 0 Å². The van der Waals surface area contributed by atoms with E-state index in [1.807, 2.05) is 37.3 Å². The summed E-state index contributed by atoms with van der Waals surface area (Å²) < 4.78 is 0. The lowest BCUT2D eigenvalue weighted by Gasteiger charge is -2.21. The van der Waals surface area contributed by atoms with Gasteiger partial charge in [-0.1, -0.05) is 43.2 Å². The van der Waals surface area contributed by atoms with Crippen molar-refractivity contribution in [2.45, 2.75) is 45.2 Å². The quantitative estimate of drug-likeness (QED) is 0.855. The van der Waals surface area contributed by atoms with Gasteiger partial charge in [0.15, 0.2) is 0 Å². The van der Waals surface area contributed by atoms with E-state index in [1.165, 1.54) is 0 Å². The van der Waals surface area contributed by atoms with Crippen molar-refractivity contribution in [2.24, 2.45) is 0 Å². The van der Waals surface area contributed by atoms with Crippen LogP contribution < -0.4 is 5.32 Å². The third-order valence-corrected chi connectivity index (χ3v) is 3.77. The highest BCUT2D eigenvalue weighted by Crippen LogP contribution is 2.17. The molecule has 0 aliphatic heterocycles. The van der Waals surface area contributed by atoms with Gasteiger partial charge in [-0.2, -0.15) is 0 Å². The molecular weight excluding hydrogens is 252 g/mol. The number of carbonyl (C=O) groups is 2. The van der Waals surface area contributed by atoms with E-state index in [4.69, 9.17) is 0 Å². The fourth-order valence-corrected chi connectivity index (χ4v) is 2.59. The Labute approximate surface area is 120 Å². The van der Waals surface area contributed by atoms with Crippen LogP contribution in [-0.4, -0.2) is 29.3 Å². The molecule has 4 heteroatoms. The van der Waals surface area contributed by atoms with E-state index in [2.05, 4.69) is 5.32 Å². The molecule has 1 aromatic carbocycles. The second-order valence-electron chi connectivity index (χ2n) is 5.26. The van der Waals surface area contributed by atoms with Crippen LogP contribution in [0.15, 0.2) is 30.3 Å². The Bertz CT molecular complexity index is 453. The predicted octanol–water partition coefficient (Wildman–Crippen LogP) is 2.09. The van der Waals surface area contributed by atoms with Crippen LogP contribution in [0.4, 0.5) is 0 Å². The summed E-state index contributed by atoms with van der Waals surface area (Å²) in [4.78, 5) is 25.8. The van der Waals surface area contributed by atoms with Crippen molar-refractivity contribution in [3.63, 3.8) is 0 Å². The molecule has 0 unspecified atom stereocenters. The highest BCUT2D eigenvalue weighted by Gasteiger charge is 2.24. The van der Waals surface area contributed by atoms with Gasteiger partial charge in [0.2, 0.25) is 0 Å². The van der Waals surface area contributed by atoms with Gasteiger partial charge in [0.05, 0.1) is 0 Å². The Hall–Kier alpha value is -1.84. The van der Waals surface area contributed by atoms with Crippen molar-refractivity contribution in [2.75, 3.05) is 6.54 Å². The Morgan fingerprint density at radius 3 is 2.45 bits per heavy atom. The molecule has 1 N–H and O–H groups in total. The van der Waals surface area contributed by atoms with E-state index in [0.717, 1.165) is 31.2 Å². The van der Waals surface area contributed by atoms with E-state index in [0.29, 0.717) is 13.1 Å². The molecule has 2 amide bonds. The molecule has 1 aromatic rings. The Balaban J connectivity index is 1.92. The number of rotatable bonds is 4. The summed E-state index contributed by atoms with van der Waals surface area (Å²) in [7, 11) is 0. The molecule has 108 valence electrons. The Kier molecular flexibility index (Phi) is 5.16. The zero-order valence-electron chi connectivity index (χ0n) is 12.0. The number of amides is 2. The van der Waals surface area contributed by atoms with Crippen LogP contribution >= 0.6 is 0 Å². The van der Waals surface area contributed by atoms with Gasteiger partial charge in [0.1, 0.15) is 0 Å². The first kappa shape index (κ1) is 14.6. The summed E-state index contributed by atoms with van der Waals surface area (Å²) in [6, 6.07) is 9.92. The molecule has 2 rings (SSSR count). The molecule has 20 heavy (non-hydrogen) atoms. The van der Waals surface area contributed by atoms with Crippen molar-refractivity contribution in [3.05, 3.63) is 35.9 Å². The average Bonchev–Trinajstić information content (AvgIpc) is 2.98. The van der Waals surface area contributed by atoms with E-state index >= 15 is 0 Å². The lowest BCUT2D eigenvalue weighted by atomic mass is 10.2. The minimum absolute atomic E-state index is 0.182. The van der Waals surface area contributed by atoms with E-state index in [1.54, 1.807) is 4.90 Å².